The van der Waals surface area contributed by atoms with Crippen LogP contribution in [0.4, 0.5) is 11.6 Å². The van der Waals surface area contributed by atoms with Gasteiger partial charge < -0.3 is 10.1 Å². The molecule has 5 nitrogen and oxygen atoms in total. The molecule has 3 aromatic rings. The molecule has 0 fully saturated rings. The molecule has 0 aliphatic rings. The zero-order chi connectivity index (χ0) is 19.2. The Kier molecular flexibility index (Phi) is 5.35. The topological polar surface area (TPSA) is 70.8 Å². The van der Waals surface area contributed by atoms with Crippen molar-refractivity contribution < 1.29 is 4.74 Å². The molecule has 3 rings (SSSR count). The zero-order valence-electron chi connectivity index (χ0n) is 15.4. The van der Waals surface area contributed by atoms with E-state index in [0.29, 0.717) is 17.4 Å². The average Bonchev–Trinajstić information content (AvgIpc) is 2.66. The van der Waals surface area contributed by atoms with Crippen LogP contribution in [-0.4, -0.2) is 9.97 Å². The van der Waals surface area contributed by atoms with Gasteiger partial charge in [-0.25, -0.2) is 4.98 Å². The molecule has 0 saturated carbocycles. The molecule has 0 radical (unpaired) electrons. The van der Waals surface area contributed by atoms with Crippen LogP contribution in [-0.2, 0) is 0 Å². The number of rotatable bonds is 4. The molecule has 1 aromatic heterocycles. The van der Waals surface area contributed by atoms with Gasteiger partial charge in [0, 0.05) is 23.5 Å². The maximum Gasteiger partial charge on any atom is 0.230 e. The van der Waals surface area contributed by atoms with Gasteiger partial charge in [0.15, 0.2) is 0 Å². The van der Waals surface area contributed by atoms with E-state index in [1.807, 2.05) is 32.9 Å². The Morgan fingerprint density at radius 1 is 1.00 bits per heavy atom. The van der Waals surface area contributed by atoms with Gasteiger partial charge in [0.05, 0.1) is 11.6 Å². The summed E-state index contributed by atoms with van der Waals surface area (Å²) < 4.78 is 6.01. The van der Waals surface area contributed by atoms with Gasteiger partial charge in [-0.1, -0.05) is 5.92 Å². The van der Waals surface area contributed by atoms with Crippen molar-refractivity contribution in [2.75, 3.05) is 5.32 Å². The summed E-state index contributed by atoms with van der Waals surface area (Å²) in [5, 5.41) is 12.0. The first-order valence-corrected chi connectivity index (χ1v) is 8.41. The molecule has 0 aliphatic heterocycles. The molecule has 132 valence electrons. The number of nitrogens with one attached hydrogen (secondary N) is 1. The zero-order valence-corrected chi connectivity index (χ0v) is 15.4. The number of nitriles is 1. The van der Waals surface area contributed by atoms with E-state index in [1.165, 1.54) is 0 Å². The molecule has 2 aromatic carbocycles. The second-order valence-electron chi connectivity index (χ2n) is 5.95. The highest BCUT2D eigenvalue weighted by Gasteiger charge is 2.09. The molecule has 0 unspecified atom stereocenters. The van der Waals surface area contributed by atoms with Gasteiger partial charge in [-0.2, -0.15) is 10.2 Å². The number of hydrogen-bond donors (Lipinski definition) is 1. The number of anilines is 2. The van der Waals surface area contributed by atoms with E-state index in [4.69, 9.17) is 10.00 Å². The highest BCUT2D eigenvalue weighted by molar-refractivity contribution is 5.55. The number of aromatic nitrogens is 2. The minimum absolute atomic E-state index is 0.418. The average molecular weight is 354 g/mol. The summed E-state index contributed by atoms with van der Waals surface area (Å²) >= 11 is 0. The molecule has 27 heavy (non-hydrogen) atoms. The van der Waals surface area contributed by atoms with Gasteiger partial charge in [0.2, 0.25) is 11.8 Å². The molecule has 0 atom stereocenters. The maximum absolute atomic E-state index is 8.87. The molecular formula is C22H18N4O. The Balaban J connectivity index is 1.81. The van der Waals surface area contributed by atoms with Gasteiger partial charge in [-0.3, -0.25) is 0 Å². The van der Waals surface area contributed by atoms with E-state index in [9.17, 15) is 0 Å². The van der Waals surface area contributed by atoms with Crippen LogP contribution in [0.15, 0.2) is 48.7 Å². The van der Waals surface area contributed by atoms with E-state index < -0.39 is 0 Å². The van der Waals surface area contributed by atoms with Crippen molar-refractivity contribution in [1.29, 1.82) is 5.26 Å². The van der Waals surface area contributed by atoms with Crippen LogP contribution >= 0.6 is 0 Å². The van der Waals surface area contributed by atoms with Crippen molar-refractivity contribution in [1.82, 2.24) is 9.97 Å². The third-order valence-corrected chi connectivity index (χ3v) is 3.84. The van der Waals surface area contributed by atoms with Crippen molar-refractivity contribution in [3.8, 4) is 29.5 Å². The summed E-state index contributed by atoms with van der Waals surface area (Å²) in [6, 6.07) is 14.9. The van der Waals surface area contributed by atoms with Crippen molar-refractivity contribution in [3.63, 3.8) is 0 Å². The fourth-order valence-electron chi connectivity index (χ4n) is 2.65. The van der Waals surface area contributed by atoms with Crippen molar-refractivity contribution in [3.05, 3.63) is 70.9 Å². The quantitative estimate of drug-likeness (QED) is 0.677. The highest BCUT2D eigenvalue weighted by atomic mass is 16.5. The van der Waals surface area contributed by atoms with Gasteiger partial charge in [0.25, 0.3) is 0 Å². The van der Waals surface area contributed by atoms with E-state index in [0.717, 1.165) is 28.1 Å². The summed E-state index contributed by atoms with van der Waals surface area (Å²) in [5.74, 6) is 7.60. The second-order valence-corrected chi connectivity index (χ2v) is 5.95. The fraction of sp³-hybridized carbons (Fsp3) is 0.136. The van der Waals surface area contributed by atoms with Crippen LogP contribution in [0.3, 0.4) is 0 Å². The number of nitrogens with zero attached hydrogens (tertiary/aromatic N) is 3. The first-order valence-electron chi connectivity index (χ1n) is 8.41. The van der Waals surface area contributed by atoms with E-state index in [1.54, 1.807) is 36.5 Å². The lowest BCUT2D eigenvalue weighted by Crippen LogP contribution is -1.99. The fourth-order valence-corrected chi connectivity index (χ4v) is 2.65. The first-order chi connectivity index (χ1) is 13.1. The summed E-state index contributed by atoms with van der Waals surface area (Å²) in [6.45, 7) is 5.79. The maximum atomic E-state index is 8.87. The van der Waals surface area contributed by atoms with Crippen LogP contribution in [0.25, 0.3) is 0 Å². The van der Waals surface area contributed by atoms with Crippen molar-refractivity contribution in [2.24, 2.45) is 0 Å². The SMILES string of the molecule is CC#Cc1cc(C)c(Oc2ccnc(Nc3ccc(C#N)cc3)n2)c(C)c1. The van der Waals surface area contributed by atoms with E-state index >= 15 is 0 Å². The standard InChI is InChI=1S/C22H18N4O/c1-4-5-18-12-15(2)21(16(3)13-18)27-20-10-11-24-22(26-20)25-19-8-6-17(14-23)7-9-19/h6-13H,1-3H3,(H,24,25,26). The molecule has 0 spiro atoms. The van der Waals surface area contributed by atoms with Crippen LogP contribution < -0.4 is 10.1 Å². The Hall–Kier alpha value is -3.83. The number of ether oxygens (including phenoxy) is 1. The molecule has 0 amide bonds. The molecule has 1 heterocycles. The predicted molar refractivity (Wildman–Crippen MR) is 105 cm³/mol. The van der Waals surface area contributed by atoms with E-state index in [-0.39, 0.29) is 0 Å². The van der Waals surface area contributed by atoms with Crippen LogP contribution in [0.1, 0.15) is 29.2 Å². The Morgan fingerprint density at radius 2 is 1.70 bits per heavy atom. The second kappa shape index (κ2) is 8.03. The third-order valence-electron chi connectivity index (χ3n) is 3.84. The minimum atomic E-state index is 0.418. The Labute approximate surface area is 158 Å². The molecule has 1 N–H and O–H groups in total. The van der Waals surface area contributed by atoms with Crippen LogP contribution in [0.5, 0.6) is 11.6 Å². The third kappa shape index (κ3) is 4.42. The normalized spacial score (nSPS) is 9.70. The minimum Gasteiger partial charge on any atom is -0.438 e. The van der Waals surface area contributed by atoms with Gasteiger partial charge in [0.1, 0.15) is 5.75 Å². The highest BCUT2D eigenvalue weighted by Crippen LogP contribution is 2.29. The molecule has 0 bridgehead atoms. The summed E-state index contributed by atoms with van der Waals surface area (Å²) in [5.41, 5.74) is 4.34. The van der Waals surface area contributed by atoms with Gasteiger partial charge >= 0.3 is 0 Å². The van der Waals surface area contributed by atoms with Crippen LogP contribution in [0, 0.1) is 37.0 Å². The van der Waals surface area contributed by atoms with Crippen LogP contribution in [0.2, 0.25) is 0 Å². The predicted octanol–water partition coefficient (Wildman–Crippen LogP) is 4.87. The Bertz CT molecular complexity index is 1050. The van der Waals surface area contributed by atoms with Crippen molar-refractivity contribution >= 4 is 11.6 Å². The van der Waals surface area contributed by atoms with Gasteiger partial charge in [-0.05, 0) is 68.3 Å². The smallest absolute Gasteiger partial charge is 0.230 e. The lowest BCUT2D eigenvalue weighted by molar-refractivity contribution is 0.455. The largest absolute Gasteiger partial charge is 0.438 e. The molecule has 0 aliphatic carbocycles. The first kappa shape index (κ1) is 18.0. The molecule has 0 saturated heterocycles. The summed E-state index contributed by atoms with van der Waals surface area (Å²) in [7, 11) is 0. The molecular weight excluding hydrogens is 336 g/mol. The Morgan fingerprint density at radius 3 is 2.33 bits per heavy atom. The number of aryl methyl sites for hydroxylation is 2. The lowest BCUT2D eigenvalue weighted by Gasteiger charge is -2.12. The number of benzene rings is 2. The summed E-state index contributed by atoms with van der Waals surface area (Å²) in [6.07, 6.45) is 1.63. The van der Waals surface area contributed by atoms with E-state index in [2.05, 4.69) is 33.2 Å². The number of hydrogen-bond acceptors (Lipinski definition) is 5. The van der Waals surface area contributed by atoms with Crippen molar-refractivity contribution in [2.45, 2.75) is 20.8 Å². The van der Waals surface area contributed by atoms with Gasteiger partial charge in [-0.15, -0.1) is 5.92 Å². The summed E-state index contributed by atoms with van der Waals surface area (Å²) in [4.78, 5) is 8.63. The lowest BCUT2D eigenvalue weighted by atomic mass is 10.1. The molecule has 5 heteroatoms. The monoisotopic (exact) mass is 354 g/mol.